The third kappa shape index (κ3) is 4.62. The number of piperidine rings is 1. The zero-order valence-corrected chi connectivity index (χ0v) is 18.3. The Morgan fingerprint density at radius 2 is 1.72 bits per heavy atom. The van der Waals surface area contributed by atoms with Crippen LogP contribution in [0.3, 0.4) is 0 Å². The molecule has 158 valence electrons. The Labute approximate surface area is 172 Å². The molecular formula is C20H29N5O3S. The first-order chi connectivity index (χ1) is 13.7. The summed E-state index contributed by atoms with van der Waals surface area (Å²) in [7, 11) is -0.658. The molecule has 1 aliphatic heterocycles. The number of anilines is 2. The summed E-state index contributed by atoms with van der Waals surface area (Å²) in [6, 6.07) is 7.83. The average molecular weight is 420 g/mol. The highest BCUT2D eigenvalue weighted by molar-refractivity contribution is 7.89. The lowest BCUT2D eigenvalue weighted by Gasteiger charge is -2.28. The normalized spacial score (nSPS) is 15.0. The lowest BCUT2D eigenvalue weighted by Crippen LogP contribution is -2.29. The number of aromatic nitrogens is 2. The van der Waals surface area contributed by atoms with Gasteiger partial charge in [0.05, 0.1) is 11.4 Å². The van der Waals surface area contributed by atoms with Gasteiger partial charge in [-0.2, -0.15) is 5.10 Å². The molecular weight excluding hydrogens is 390 g/mol. The maximum absolute atomic E-state index is 12.5. The highest BCUT2D eigenvalue weighted by Crippen LogP contribution is 2.23. The van der Waals surface area contributed by atoms with E-state index in [9.17, 15) is 13.2 Å². The van der Waals surface area contributed by atoms with Crippen LogP contribution in [0.15, 0.2) is 29.2 Å². The van der Waals surface area contributed by atoms with Crippen molar-refractivity contribution in [2.24, 2.45) is 0 Å². The SMILES string of the molecule is Cc1nn(CC(=O)Nc2ccc(N3CCCCC3)cc2)c(C)c1S(=O)(=O)N(C)C. The van der Waals surface area contributed by atoms with Crippen molar-refractivity contribution in [1.82, 2.24) is 14.1 Å². The minimum absolute atomic E-state index is 0.0521. The van der Waals surface area contributed by atoms with Gasteiger partial charge in [0, 0.05) is 38.6 Å². The third-order valence-corrected chi connectivity index (χ3v) is 7.29. The molecule has 0 radical (unpaired) electrons. The van der Waals surface area contributed by atoms with E-state index >= 15 is 0 Å². The van der Waals surface area contributed by atoms with E-state index in [4.69, 9.17) is 0 Å². The van der Waals surface area contributed by atoms with Crippen molar-refractivity contribution in [1.29, 1.82) is 0 Å². The van der Waals surface area contributed by atoms with Crippen LogP contribution in [0.2, 0.25) is 0 Å². The molecule has 1 aromatic heterocycles. The quantitative estimate of drug-likeness (QED) is 0.777. The predicted octanol–water partition coefficient (Wildman–Crippen LogP) is 2.38. The third-order valence-electron chi connectivity index (χ3n) is 5.22. The number of aryl methyl sites for hydroxylation is 1. The first-order valence-corrected chi connectivity index (χ1v) is 11.3. The molecule has 2 heterocycles. The number of carbonyl (C=O) groups excluding carboxylic acids is 1. The number of nitrogens with zero attached hydrogens (tertiary/aromatic N) is 4. The van der Waals surface area contributed by atoms with Gasteiger partial charge in [0.15, 0.2) is 0 Å². The van der Waals surface area contributed by atoms with Crippen molar-refractivity contribution in [2.75, 3.05) is 37.4 Å². The fourth-order valence-electron chi connectivity index (χ4n) is 3.63. The molecule has 0 saturated carbocycles. The molecule has 1 saturated heterocycles. The molecule has 1 aliphatic rings. The van der Waals surface area contributed by atoms with Gasteiger partial charge in [0.1, 0.15) is 11.4 Å². The molecule has 0 atom stereocenters. The molecule has 0 unspecified atom stereocenters. The van der Waals surface area contributed by atoms with E-state index in [0.717, 1.165) is 17.4 Å². The number of benzene rings is 1. The van der Waals surface area contributed by atoms with Crippen molar-refractivity contribution in [3.05, 3.63) is 35.7 Å². The van der Waals surface area contributed by atoms with Crippen molar-refractivity contribution in [3.8, 4) is 0 Å². The van der Waals surface area contributed by atoms with Crippen LogP contribution in [0, 0.1) is 13.8 Å². The van der Waals surface area contributed by atoms with E-state index in [0.29, 0.717) is 17.1 Å². The fourth-order valence-corrected chi connectivity index (χ4v) is 4.89. The van der Waals surface area contributed by atoms with Crippen molar-refractivity contribution in [2.45, 2.75) is 44.6 Å². The lowest BCUT2D eigenvalue weighted by atomic mass is 10.1. The van der Waals surface area contributed by atoms with Crippen LogP contribution in [0.25, 0.3) is 0 Å². The molecule has 0 spiro atoms. The second-order valence-electron chi connectivity index (χ2n) is 7.59. The van der Waals surface area contributed by atoms with E-state index in [1.54, 1.807) is 13.8 Å². The van der Waals surface area contributed by atoms with Crippen molar-refractivity contribution >= 4 is 27.3 Å². The molecule has 8 nitrogen and oxygen atoms in total. The van der Waals surface area contributed by atoms with Crippen molar-refractivity contribution < 1.29 is 13.2 Å². The minimum atomic E-state index is -3.61. The van der Waals surface area contributed by atoms with Gasteiger partial charge in [0.25, 0.3) is 0 Å². The summed E-state index contributed by atoms with van der Waals surface area (Å²) in [6.07, 6.45) is 3.72. The molecule has 1 aromatic carbocycles. The smallest absolute Gasteiger partial charge is 0.246 e. The standard InChI is InChI=1S/C20H29N5O3S/c1-15-20(29(27,28)23(3)4)16(2)25(22-15)14-19(26)21-17-8-10-18(11-9-17)24-12-6-5-7-13-24/h8-11H,5-7,12-14H2,1-4H3,(H,21,26). The molecule has 3 rings (SSSR count). The number of hydrogen-bond donors (Lipinski definition) is 1. The molecule has 1 fully saturated rings. The lowest BCUT2D eigenvalue weighted by molar-refractivity contribution is -0.116. The predicted molar refractivity (Wildman–Crippen MR) is 114 cm³/mol. The Bertz CT molecular complexity index is 974. The van der Waals surface area contributed by atoms with Gasteiger partial charge < -0.3 is 10.2 Å². The Morgan fingerprint density at radius 3 is 2.31 bits per heavy atom. The summed E-state index contributed by atoms with van der Waals surface area (Å²) in [5.41, 5.74) is 2.71. The summed E-state index contributed by atoms with van der Waals surface area (Å²) in [6.45, 7) is 5.39. The second-order valence-corrected chi connectivity index (χ2v) is 9.68. The first-order valence-electron chi connectivity index (χ1n) is 9.81. The summed E-state index contributed by atoms with van der Waals surface area (Å²) >= 11 is 0. The minimum Gasteiger partial charge on any atom is -0.372 e. The number of sulfonamides is 1. The zero-order chi connectivity index (χ0) is 21.2. The van der Waals surface area contributed by atoms with Crippen molar-refractivity contribution in [3.63, 3.8) is 0 Å². The van der Waals surface area contributed by atoms with E-state index in [1.807, 2.05) is 24.3 Å². The number of nitrogens with one attached hydrogen (secondary N) is 1. The fraction of sp³-hybridized carbons (Fsp3) is 0.500. The summed E-state index contributed by atoms with van der Waals surface area (Å²) in [5.74, 6) is -0.255. The Kier molecular flexibility index (Phi) is 6.28. The number of carbonyl (C=O) groups is 1. The molecule has 0 aliphatic carbocycles. The number of amides is 1. The average Bonchev–Trinajstić information content (AvgIpc) is 2.96. The number of rotatable bonds is 6. The van der Waals surface area contributed by atoms with Gasteiger partial charge in [-0.25, -0.2) is 12.7 Å². The van der Waals surface area contributed by atoms with Crippen LogP contribution >= 0.6 is 0 Å². The van der Waals surface area contributed by atoms with Gasteiger partial charge in [-0.1, -0.05) is 0 Å². The summed E-state index contributed by atoms with van der Waals surface area (Å²) in [4.78, 5) is 15.0. The van der Waals surface area contributed by atoms with Gasteiger partial charge in [-0.05, 0) is 57.4 Å². The molecule has 9 heteroatoms. The van der Waals surface area contributed by atoms with Crippen LogP contribution in [0.1, 0.15) is 30.7 Å². The summed E-state index contributed by atoms with van der Waals surface area (Å²) < 4.78 is 27.6. The Balaban J connectivity index is 1.68. The monoisotopic (exact) mass is 419 g/mol. The van der Waals surface area contributed by atoms with Crippen LogP contribution in [-0.2, 0) is 21.4 Å². The molecule has 0 bridgehead atoms. The second kappa shape index (κ2) is 8.54. The molecule has 1 N–H and O–H groups in total. The molecule has 2 aromatic rings. The Morgan fingerprint density at radius 1 is 1.10 bits per heavy atom. The first kappa shape index (κ1) is 21.3. The van der Waals surface area contributed by atoms with Gasteiger partial charge in [-0.15, -0.1) is 0 Å². The summed E-state index contributed by atoms with van der Waals surface area (Å²) in [5, 5.41) is 7.12. The zero-order valence-electron chi connectivity index (χ0n) is 17.5. The van der Waals surface area contributed by atoms with E-state index in [-0.39, 0.29) is 17.3 Å². The van der Waals surface area contributed by atoms with Crippen LogP contribution < -0.4 is 10.2 Å². The molecule has 29 heavy (non-hydrogen) atoms. The van der Waals surface area contributed by atoms with Crippen LogP contribution in [-0.4, -0.2) is 55.6 Å². The van der Waals surface area contributed by atoms with E-state index in [2.05, 4.69) is 15.3 Å². The largest absolute Gasteiger partial charge is 0.372 e. The van der Waals surface area contributed by atoms with Crippen LogP contribution in [0.5, 0.6) is 0 Å². The van der Waals surface area contributed by atoms with E-state index in [1.165, 1.54) is 43.7 Å². The van der Waals surface area contributed by atoms with E-state index < -0.39 is 10.0 Å². The van der Waals surface area contributed by atoms with Gasteiger partial charge >= 0.3 is 0 Å². The number of hydrogen-bond acceptors (Lipinski definition) is 5. The molecule has 1 amide bonds. The topological polar surface area (TPSA) is 87.5 Å². The van der Waals surface area contributed by atoms with Gasteiger partial charge in [0.2, 0.25) is 15.9 Å². The Hall–Kier alpha value is -2.39. The highest BCUT2D eigenvalue weighted by Gasteiger charge is 2.27. The van der Waals surface area contributed by atoms with Crippen LogP contribution in [0.4, 0.5) is 11.4 Å². The maximum Gasteiger partial charge on any atom is 0.246 e. The van der Waals surface area contributed by atoms with Gasteiger partial charge in [-0.3, -0.25) is 9.48 Å². The highest BCUT2D eigenvalue weighted by atomic mass is 32.2. The maximum atomic E-state index is 12.5.